The first-order chi connectivity index (χ1) is 19.9. The van der Waals surface area contributed by atoms with Gasteiger partial charge in [0.05, 0.1) is 12.7 Å². The third-order valence-electron chi connectivity index (χ3n) is 6.49. The van der Waals surface area contributed by atoms with Gasteiger partial charge in [0.25, 0.3) is 10.0 Å². The summed E-state index contributed by atoms with van der Waals surface area (Å²) in [6, 6.07) is 9.04. The number of nitrogens with zero attached hydrogens (tertiary/aromatic N) is 4. The van der Waals surface area contributed by atoms with Gasteiger partial charge in [0.2, 0.25) is 0 Å². The number of likely N-dealkylation sites (N-methyl/N-ethyl adjacent to an activating group) is 1. The van der Waals surface area contributed by atoms with Crippen molar-refractivity contribution in [3.05, 3.63) is 54.5 Å². The number of hydrogen-bond acceptors (Lipinski definition) is 8. The number of piperidine rings is 1. The number of pyridine rings is 2. The number of aliphatic carboxylic acids is 2. The van der Waals surface area contributed by atoms with Gasteiger partial charge in [-0.25, -0.2) is 23.0 Å². The molecule has 0 radical (unpaired) electrons. The lowest BCUT2D eigenvalue weighted by molar-refractivity contribution is -0.193. The second-order valence-corrected chi connectivity index (χ2v) is 11.8. The van der Waals surface area contributed by atoms with Crippen LogP contribution in [0.15, 0.2) is 53.9 Å². The Labute approximate surface area is 243 Å². The van der Waals surface area contributed by atoms with E-state index < -0.39 is 34.3 Å². The molecule has 2 aliphatic rings. The van der Waals surface area contributed by atoms with Crippen molar-refractivity contribution in [1.82, 2.24) is 19.2 Å². The van der Waals surface area contributed by atoms with E-state index in [0.717, 1.165) is 39.0 Å². The van der Waals surface area contributed by atoms with Crippen LogP contribution in [0.5, 0.6) is 0 Å². The Hall–Kier alpha value is -3.35. The van der Waals surface area contributed by atoms with Crippen LogP contribution in [0.25, 0.3) is 0 Å². The molecule has 0 aliphatic carbocycles. The standard InChI is InChI=1S/C21H28N4O3S.2C2HF3O2/c1-24(15-18-5-4-9-22-14-18)16-19-13-21(17-28-19)7-11-25(12-8-21)29(26,27)20-6-2-3-10-23-20;2*3-2(4,5)1(6)7/h2-6,9-10,14,19H,7-8,11-13,15-17H2,1H3;2*(H,6,7). The zero-order valence-electron chi connectivity index (χ0n) is 22.8. The fourth-order valence-corrected chi connectivity index (χ4v) is 5.78. The fourth-order valence-electron chi connectivity index (χ4n) is 4.41. The summed E-state index contributed by atoms with van der Waals surface area (Å²) in [4.78, 5) is 28.3. The summed E-state index contributed by atoms with van der Waals surface area (Å²) < 4.78 is 96.8. The average Bonchev–Trinajstić information content (AvgIpc) is 3.30. The predicted octanol–water partition coefficient (Wildman–Crippen LogP) is 3.44. The molecule has 4 rings (SSSR count). The molecular formula is C25H30F6N4O7S. The maximum atomic E-state index is 12.8. The molecule has 43 heavy (non-hydrogen) atoms. The SMILES string of the molecule is CN(Cc1cccnc1)CC1CC2(CCN(S(=O)(=O)c3ccccn3)CC2)CO1.O=C(O)C(F)(F)F.O=C(O)C(F)(F)F. The van der Waals surface area contributed by atoms with Crippen LogP contribution in [0.1, 0.15) is 24.8 Å². The number of alkyl halides is 6. The van der Waals surface area contributed by atoms with Gasteiger partial charge in [0.15, 0.2) is 5.03 Å². The molecule has 2 aliphatic heterocycles. The van der Waals surface area contributed by atoms with Gasteiger partial charge in [-0.2, -0.15) is 30.6 Å². The molecule has 0 bridgehead atoms. The minimum atomic E-state index is -5.08. The maximum Gasteiger partial charge on any atom is 0.490 e. The quantitative estimate of drug-likeness (QED) is 0.448. The van der Waals surface area contributed by atoms with Crippen LogP contribution in [0, 0.1) is 5.41 Å². The molecular weight excluding hydrogens is 614 g/mol. The third kappa shape index (κ3) is 11.3. The van der Waals surface area contributed by atoms with Crippen molar-refractivity contribution in [3.63, 3.8) is 0 Å². The maximum absolute atomic E-state index is 12.8. The van der Waals surface area contributed by atoms with E-state index in [1.54, 1.807) is 28.7 Å². The topological polar surface area (TPSA) is 150 Å². The van der Waals surface area contributed by atoms with E-state index in [1.807, 2.05) is 12.3 Å². The molecule has 2 fully saturated rings. The minimum Gasteiger partial charge on any atom is -0.475 e. The molecule has 11 nitrogen and oxygen atoms in total. The lowest BCUT2D eigenvalue weighted by Crippen LogP contribution is -2.43. The number of rotatable bonds is 6. The normalized spacial score (nSPS) is 18.7. The van der Waals surface area contributed by atoms with E-state index in [4.69, 9.17) is 24.5 Å². The Balaban J connectivity index is 0.000000384. The first-order valence-electron chi connectivity index (χ1n) is 12.6. The lowest BCUT2D eigenvalue weighted by atomic mass is 9.77. The number of carboxylic acid groups (broad SMARTS) is 2. The van der Waals surface area contributed by atoms with E-state index in [1.165, 1.54) is 11.8 Å². The smallest absolute Gasteiger partial charge is 0.475 e. The molecule has 1 unspecified atom stereocenters. The molecule has 2 saturated heterocycles. The van der Waals surface area contributed by atoms with Crippen LogP contribution in [-0.4, -0.2) is 101 Å². The number of sulfonamides is 1. The van der Waals surface area contributed by atoms with Crippen molar-refractivity contribution in [2.24, 2.45) is 5.41 Å². The molecule has 0 aromatic carbocycles. The van der Waals surface area contributed by atoms with Gasteiger partial charge in [-0.3, -0.25) is 9.88 Å². The number of hydrogen-bond donors (Lipinski definition) is 2. The van der Waals surface area contributed by atoms with Gasteiger partial charge in [0.1, 0.15) is 0 Å². The monoisotopic (exact) mass is 644 g/mol. The van der Waals surface area contributed by atoms with Crippen LogP contribution >= 0.6 is 0 Å². The molecule has 18 heteroatoms. The summed E-state index contributed by atoms with van der Waals surface area (Å²) >= 11 is 0. The summed E-state index contributed by atoms with van der Waals surface area (Å²) in [5.74, 6) is -5.51. The largest absolute Gasteiger partial charge is 0.490 e. The molecule has 4 heterocycles. The van der Waals surface area contributed by atoms with E-state index >= 15 is 0 Å². The van der Waals surface area contributed by atoms with E-state index in [0.29, 0.717) is 13.1 Å². The van der Waals surface area contributed by atoms with Gasteiger partial charge in [-0.1, -0.05) is 12.1 Å². The Morgan fingerprint density at radius 1 is 1.02 bits per heavy atom. The number of aromatic nitrogens is 2. The molecule has 0 saturated carbocycles. The van der Waals surface area contributed by atoms with E-state index in [9.17, 15) is 34.8 Å². The summed E-state index contributed by atoms with van der Waals surface area (Å²) in [7, 11) is -1.41. The second kappa shape index (κ2) is 14.9. The first-order valence-corrected chi connectivity index (χ1v) is 14.0. The van der Waals surface area contributed by atoms with Crippen molar-refractivity contribution < 1.29 is 59.3 Å². The van der Waals surface area contributed by atoms with Gasteiger partial charge < -0.3 is 14.9 Å². The van der Waals surface area contributed by atoms with Crippen molar-refractivity contribution in [2.75, 3.05) is 33.3 Å². The number of ether oxygens (including phenoxy) is 1. The summed E-state index contributed by atoms with van der Waals surface area (Å²) in [6.45, 7) is 3.49. The molecule has 0 amide bonds. The summed E-state index contributed by atoms with van der Waals surface area (Å²) in [5, 5.41) is 14.4. The van der Waals surface area contributed by atoms with Gasteiger partial charge in [0, 0.05) is 44.8 Å². The van der Waals surface area contributed by atoms with Crippen LogP contribution in [0.2, 0.25) is 0 Å². The average molecular weight is 645 g/mol. The Kier molecular flexibility index (Phi) is 12.4. The highest BCUT2D eigenvalue weighted by molar-refractivity contribution is 7.89. The number of carboxylic acids is 2. The Morgan fingerprint density at radius 2 is 1.60 bits per heavy atom. The molecule has 2 N–H and O–H groups in total. The Morgan fingerprint density at radius 3 is 2.07 bits per heavy atom. The predicted molar refractivity (Wildman–Crippen MR) is 137 cm³/mol. The molecule has 2 aromatic heterocycles. The summed E-state index contributed by atoms with van der Waals surface area (Å²) in [5.41, 5.74) is 1.28. The lowest BCUT2D eigenvalue weighted by Gasteiger charge is -2.37. The molecule has 1 spiro atoms. The highest BCUT2D eigenvalue weighted by Gasteiger charge is 2.45. The van der Waals surface area contributed by atoms with Crippen LogP contribution in [0.4, 0.5) is 26.3 Å². The second-order valence-electron chi connectivity index (χ2n) is 9.87. The minimum absolute atomic E-state index is 0.0932. The van der Waals surface area contributed by atoms with Gasteiger partial charge >= 0.3 is 24.3 Å². The van der Waals surface area contributed by atoms with E-state index in [-0.39, 0.29) is 16.5 Å². The van der Waals surface area contributed by atoms with Crippen LogP contribution < -0.4 is 0 Å². The van der Waals surface area contributed by atoms with Crippen molar-refractivity contribution in [3.8, 4) is 0 Å². The first kappa shape index (κ1) is 35.8. The van der Waals surface area contributed by atoms with Gasteiger partial charge in [-0.15, -0.1) is 0 Å². The fraction of sp³-hybridized carbons (Fsp3) is 0.520. The summed E-state index contributed by atoms with van der Waals surface area (Å²) in [6.07, 6.45) is -2.11. The van der Waals surface area contributed by atoms with Crippen LogP contribution in [-0.2, 0) is 30.9 Å². The number of halogens is 6. The zero-order chi connectivity index (χ0) is 32.5. The number of carbonyl (C=O) groups is 2. The molecule has 2 aromatic rings. The highest BCUT2D eigenvalue weighted by atomic mass is 32.2. The van der Waals surface area contributed by atoms with Gasteiger partial charge in [-0.05, 0) is 55.5 Å². The van der Waals surface area contributed by atoms with Crippen molar-refractivity contribution in [2.45, 2.75) is 49.3 Å². The third-order valence-corrected chi connectivity index (χ3v) is 8.30. The molecule has 240 valence electrons. The van der Waals surface area contributed by atoms with Crippen molar-refractivity contribution >= 4 is 22.0 Å². The van der Waals surface area contributed by atoms with Crippen LogP contribution in [0.3, 0.4) is 0 Å². The zero-order valence-corrected chi connectivity index (χ0v) is 23.6. The van der Waals surface area contributed by atoms with E-state index in [2.05, 4.69) is 28.0 Å². The van der Waals surface area contributed by atoms with Crippen molar-refractivity contribution in [1.29, 1.82) is 0 Å². The molecule has 1 atom stereocenters. The Bertz CT molecular complexity index is 1270. The highest BCUT2D eigenvalue weighted by Crippen LogP contribution is 2.43.